The fourth-order valence-electron chi connectivity index (χ4n) is 2.40. The van der Waals surface area contributed by atoms with Gasteiger partial charge in [0, 0.05) is 19.5 Å². The second-order valence-electron chi connectivity index (χ2n) is 4.64. The molecule has 94 valence electrons. The molecule has 0 radical (unpaired) electrons. The summed E-state index contributed by atoms with van der Waals surface area (Å²) in [7, 11) is 0. The predicted molar refractivity (Wildman–Crippen MR) is 66.3 cm³/mol. The van der Waals surface area contributed by atoms with E-state index < -0.39 is 5.97 Å². The summed E-state index contributed by atoms with van der Waals surface area (Å²) in [5, 5.41) is 17.7. The Morgan fingerprint density at radius 3 is 3.24 bits per heavy atom. The first-order valence-electron chi connectivity index (χ1n) is 5.89. The van der Waals surface area contributed by atoms with Gasteiger partial charge in [0.25, 0.3) is 0 Å². The molecule has 1 aliphatic heterocycles. The molecular formula is C11H17N3O2S. The number of carboxylic acid groups (broad SMARTS) is 1. The number of anilines is 1. The zero-order valence-corrected chi connectivity index (χ0v) is 10.7. The summed E-state index contributed by atoms with van der Waals surface area (Å²) in [5.41, 5.74) is 1.74. The van der Waals surface area contributed by atoms with Crippen molar-refractivity contribution in [3.8, 4) is 0 Å². The molecule has 1 saturated heterocycles. The highest BCUT2D eigenvalue weighted by Crippen LogP contribution is 2.29. The highest BCUT2D eigenvalue weighted by atomic mass is 32.1. The lowest BCUT2D eigenvalue weighted by atomic mass is 9.85. The third-order valence-electron chi connectivity index (χ3n) is 3.38. The molecule has 6 heteroatoms. The lowest BCUT2D eigenvalue weighted by Gasteiger charge is -2.35. The van der Waals surface area contributed by atoms with Crippen LogP contribution in [0.1, 0.15) is 26.2 Å². The average molecular weight is 255 g/mol. The Labute approximate surface area is 104 Å². The zero-order valence-electron chi connectivity index (χ0n) is 9.87. The van der Waals surface area contributed by atoms with Crippen molar-refractivity contribution in [1.29, 1.82) is 0 Å². The van der Waals surface area contributed by atoms with Crippen LogP contribution < -0.4 is 4.90 Å². The quantitative estimate of drug-likeness (QED) is 0.889. The smallest absolute Gasteiger partial charge is 0.303 e. The lowest BCUT2D eigenvalue weighted by Crippen LogP contribution is -2.38. The summed E-state index contributed by atoms with van der Waals surface area (Å²) in [6.45, 7) is 3.94. The van der Waals surface area contributed by atoms with Crippen LogP contribution in [0.25, 0.3) is 0 Å². The highest BCUT2D eigenvalue weighted by molar-refractivity contribution is 7.13. The van der Waals surface area contributed by atoms with Crippen LogP contribution in [0.2, 0.25) is 0 Å². The molecule has 0 aromatic carbocycles. The number of hydrogen-bond acceptors (Lipinski definition) is 5. The van der Waals surface area contributed by atoms with Gasteiger partial charge < -0.3 is 10.0 Å². The number of nitrogens with zero attached hydrogens (tertiary/aromatic N) is 3. The second-order valence-corrected chi connectivity index (χ2v) is 5.46. The number of aliphatic carboxylic acids is 1. The van der Waals surface area contributed by atoms with Crippen LogP contribution in [-0.4, -0.2) is 34.4 Å². The van der Waals surface area contributed by atoms with Crippen LogP contribution in [0.4, 0.5) is 5.13 Å². The van der Waals surface area contributed by atoms with Gasteiger partial charge in [0.05, 0.1) is 0 Å². The maximum absolute atomic E-state index is 10.7. The third-order valence-corrected chi connectivity index (χ3v) is 4.13. The van der Waals surface area contributed by atoms with Gasteiger partial charge in [-0.05, 0) is 24.7 Å². The molecular weight excluding hydrogens is 238 g/mol. The third kappa shape index (κ3) is 3.15. The standard InChI is InChI=1S/C11H17N3O2S/c1-8(5-10(15)16)9-3-2-4-14(6-9)11-13-12-7-17-11/h7-9H,2-6H2,1H3,(H,15,16). The Morgan fingerprint density at radius 2 is 2.59 bits per heavy atom. The van der Waals surface area contributed by atoms with E-state index in [9.17, 15) is 4.79 Å². The van der Waals surface area contributed by atoms with Crippen LogP contribution in [0.5, 0.6) is 0 Å². The molecule has 2 heterocycles. The Hall–Kier alpha value is -1.17. The number of hydrogen-bond donors (Lipinski definition) is 1. The largest absolute Gasteiger partial charge is 0.481 e. The first-order valence-corrected chi connectivity index (χ1v) is 6.77. The molecule has 2 rings (SSSR count). The Kier molecular flexibility index (Phi) is 3.93. The van der Waals surface area contributed by atoms with Crippen molar-refractivity contribution in [2.75, 3.05) is 18.0 Å². The molecule has 0 aliphatic carbocycles. The minimum absolute atomic E-state index is 0.225. The van der Waals surface area contributed by atoms with Gasteiger partial charge in [-0.25, -0.2) is 0 Å². The highest BCUT2D eigenvalue weighted by Gasteiger charge is 2.27. The minimum atomic E-state index is -0.703. The molecule has 0 amide bonds. The first kappa shape index (κ1) is 12.3. The molecule has 1 N–H and O–H groups in total. The SMILES string of the molecule is CC(CC(=O)O)C1CCCN(c2nncs2)C1. The molecule has 0 bridgehead atoms. The van der Waals surface area contributed by atoms with E-state index in [2.05, 4.69) is 15.1 Å². The summed E-state index contributed by atoms with van der Waals surface area (Å²) in [6.07, 6.45) is 2.48. The topological polar surface area (TPSA) is 66.3 Å². The minimum Gasteiger partial charge on any atom is -0.481 e. The molecule has 5 nitrogen and oxygen atoms in total. The van der Waals surface area contributed by atoms with E-state index in [0.717, 1.165) is 31.1 Å². The fourth-order valence-corrected chi connectivity index (χ4v) is 2.99. The monoisotopic (exact) mass is 255 g/mol. The molecule has 1 aliphatic rings. The zero-order chi connectivity index (χ0) is 12.3. The summed E-state index contributed by atoms with van der Waals surface area (Å²) < 4.78 is 0. The Morgan fingerprint density at radius 1 is 1.76 bits per heavy atom. The lowest BCUT2D eigenvalue weighted by molar-refractivity contribution is -0.138. The van der Waals surface area contributed by atoms with Gasteiger partial charge >= 0.3 is 5.97 Å². The van der Waals surface area contributed by atoms with Crippen LogP contribution in [-0.2, 0) is 4.79 Å². The maximum atomic E-state index is 10.7. The number of aromatic nitrogens is 2. The summed E-state index contributed by atoms with van der Waals surface area (Å²) in [4.78, 5) is 13.0. The van der Waals surface area contributed by atoms with Crippen molar-refractivity contribution in [2.45, 2.75) is 26.2 Å². The normalized spacial score (nSPS) is 22.4. The first-order chi connectivity index (χ1) is 8.16. The second kappa shape index (κ2) is 5.44. The van der Waals surface area contributed by atoms with Crippen LogP contribution in [0.15, 0.2) is 5.51 Å². The molecule has 1 aromatic rings. The van der Waals surface area contributed by atoms with Gasteiger partial charge in [0.15, 0.2) is 0 Å². The fraction of sp³-hybridized carbons (Fsp3) is 0.727. The van der Waals surface area contributed by atoms with E-state index in [-0.39, 0.29) is 12.3 Å². The molecule has 2 unspecified atom stereocenters. The van der Waals surface area contributed by atoms with Crippen LogP contribution in [0, 0.1) is 11.8 Å². The van der Waals surface area contributed by atoms with E-state index in [1.807, 2.05) is 6.92 Å². The molecule has 0 saturated carbocycles. The van der Waals surface area contributed by atoms with E-state index in [1.165, 1.54) is 0 Å². The summed E-state index contributed by atoms with van der Waals surface area (Å²) >= 11 is 1.54. The van der Waals surface area contributed by atoms with Crippen LogP contribution >= 0.6 is 11.3 Å². The van der Waals surface area contributed by atoms with E-state index in [1.54, 1.807) is 16.8 Å². The van der Waals surface area contributed by atoms with Crippen molar-refractivity contribution in [3.63, 3.8) is 0 Å². The molecule has 17 heavy (non-hydrogen) atoms. The van der Waals surface area contributed by atoms with Gasteiger partial charge in [0.2, 0.25) is 5.13 Å². The van der Waals surface area contributed by atoms with E-state index >= 15 is 0 Å². The van der Waals surface area contributed by atoms with Gasteiger partial charge in [-0.2, -0.15) is 0 Å². The van der Waals surface area contributed by atoms with Gasteiger partial charge in [-0.3, -0.25) is 4.79 Å². The molecule has 1 aromatic heterocycles. The maximum Gasteiger partial charge on any atom is 0.303 e. The van der Waals surface area contributed by atoms with Gasteiger partial charge in [0.1, 0.15) is 5.51 Å². The van der Waals surface area contributed by atoms with Gasteiger partial charge in [-0.15, -0.1) is 10.2 Å². The number of carboxylic acids is 1. The molecule has 1 fully saturated rings. The summed E-state index contributed by atoms with van der Waals surface area (Å²) in [6, 6.07) is 0. The van der Waals surface area contributed by atoms with E-state index in [0.29, 0.717) is 5.92 Å². The van der Waals surface area contributed by atoms with Crippen molar-refractivity contribution in [2.24, 2.45) is 11.8 Å². The van der Waals surface area contributed by atoms with Crippen molar-refractivity contribution in [1.82, 2.24) is 10.2 Å². The predicted octanol–water partition coefficient (Wildman–Crippen LogP) is 1.87. The Bertz CT molecular complexity index is 369. The van der Waals surface area contributed by atoms with Gasteiger partial charge in [-0.1, -0.05) is 18.3 Å². The molecule has 0 spiro atoms. The van der Waals surface area contributed by atoms with Crippen molar-refractivity contribution >= 4 is 22.4 Å². The van der Waals surface area contributed by atoms with Crippen molar-refractivity contribution < 1.29 is 9.90 Å². The summed E-state index contributed by atoms with van der Waals surface area (Å²) in [5.74, 6) is -0.0301. The number of piperidine rings is 1. The van der Waals surface area contributed by atoms with Crippen LogP contribution in [0.3, 0.4) is 0 Å². The Balaban J connectivity index is 1.95. The number of carbonyl (C=O) groups is 1. The van der Waals surface area contributed by atoms with Crippen molar-refractivity contribution in [3.05, 3.63) is 5.51 Å². The van der Waals surface area contributed by atoms with E-state index in [4.69, 9.17) is 5.11 Å². The number of rotatable bonds is 4. The molecule has 2 atom stereocenters. The average Bonchev–Trinajstić information content (AvgIpc) is 2.82.